The van der Waals surface area contributed by atoms with Gasteiger partial charge < -0.3 is 4.90 Å². The number of amides is 1. The third-order valence-corrected chi connectivity index (χ3v) is 4.55. The largest absolute Gasteiger partial charge is 0.419 e. The van der Waals surface area contributed by atoms with Crippen LogP contribution < -0.4 is 0 Å². The smallest absolute Gasteiger partial charge is 0.342 e. The molecule has 0 bridgehead atoms. The zero-order valence-corrected chi connectivity index (χ0v) is 11.8. The van der Waals surface area contributed by atoms with Crippen molar-refractivity contribution in [1.82, 2.24) is 4.90 Å². The van der Waals surface area contributed by atoms with Gasteiger partial charge in [0.05, 0.1) is 5.57 Å². The van der Waals surface area contributed by atoms with E-state index in [1.807, 2.05) is 0 Å². The molecule has 3 nitrogen and oxygen atoms in total. The van der Waals surface area contributed by atoms with E-state index < -0.39 is 28.9 Å². The number of Topliss-reactive ketones (excluding diaryl/α,β-unsaturated/α-hetero) is 1. The van der Waals surface area contributed by atoms with E-state index in [2.05, 4.69) is 0 Å². The predicted molar refractivity (Wildman–Crippen MR) is 66.8 cm³/mol. The Morgan fingerprint density at radius 3 is 2.50 bits per heavy atom. The number of hydrogen-bond acceptors (Lipinski definition) is 2. The Bertz CT molecular complexity index is 479. The molecular weight excluding hydrogens is 271 g/mol. The fraction of sp³-hybridized carbons (Fsp3) is 0.714. The highest BCUT2D eigenvalue weighted by Crippen LogP contribution is 2.48. The molecule has 20 heavy (non-hydrogen) atoms. The normalized spacial score (nSPS) is 29.8. The number of rotatable bonds is 0. The molecule has 1 amide bonds. The van der Waals surface area contributed by atoms with Gasteiger partial charge in [-0.25, -0.2) is 0 Å². The van der Waals surface area contributed by atoms with Gasteiger partial charge in [0.25, 0.3) is 0 Å². The van der Waals surface area contributed by atoms with E-state index in [1.165, 1.54) is 6.92 Å². The van der Waals surface area contributed by atoms with Gasteiger partial charge in [0.15, 0.2) is 5.78 Å². The number of alkyl halides is 3. The Morgan fingerprint density at radius 2 is 2.00 bits per heavy atom. The lowest BCUT2D eigenvalue weighted by atomic mass is 9.61. The third kappa shape index (κ3) is 2.36. The predicted octanol–water partition coefficient (Wildman–Crippen LogP) is 2.57. The first kappa shape index (κ1) is 15.1. The highest BCUT2D eigenvalue weighted by molar-refractivity contribution is 6.01. The van der Waals surface area contributed by atoms with Gasteiger partial charge in [0, 0.05) is 25.4 Å². The van der Waals surface area contributed by atoms with Crippen LogP contribution in [0.25, 0.3) is 0 Å². The summed E-state index contributed by atoms with van der Waals surface area (Å²) in [5, 5.41) is 0. The third-order valence-electron chi connectivity index (χ3n) is 4.55. The fourth-order valence-corrected chi connectivity index (χ4v) is 3.36. The number of ketones is 1. The van der Waals surface area contributed by atoms with Gasteiger partial charge >= 0.3 is 6.18 Å². The zero-order chi connectivity index (χ0) is 15.3. The van der Waals surface area contributed by atoms with Crippen molar-refractivity contribution < 1.29 is 22.8 Å². The molecule has 1 aliphatic carbocycles. The minimum absolute atomic E-state index is 0.139. The second kappa shape index (κ2) is 4.60. The average Bonchev–Trinajstić information content (AvgIpc) is 2.32. The summed E-state index contributed by atoms with van der Waals surface area (Å²) in [5.41, 5.74) is -2.10. The van der Waals surface area contributed by atoms with E-state index in [-0.39, 0.29) is 18.4 Å². The lowest BCUT2D eigenvalue weighted by Gasteiger charge is -2.47. The van der Waals surface area contributed by atoms with Crippen molar-refractivity contribution in [3.05, 3.63) is 11.6 Å². The maximum atomic E-state index is 13.0. The number of allylic oxidation sites excluding steroid dienone is 1. The minimum Gasteiger partial charge on any atom is -0.342 e. The topological polar surface area (TPSA) is 37.4 Å². The summed E-state index contributed by atoms with van der Waals surface area (Å²) < 4.78 is 38.9. The van der Waals surface area contributed by atoms with Crippen molar-refractivity contribution in [3.8, 4) is 0 Å². The number of carbonyl (C=O) groups is 2. The summed E-state index contributed by atoms with van der Waals surface area (Å²) >= 11 is 0. The molecule has 1 fully saturated rings. The Hall–Kier alpha value is -1.33. The van der Waals surface area contributed by atoms with Gasteiger partial charge in [-0.1, -0.05) is 19.9 Å². The summed E-state index contributed by atoms with van der Waals surface area (Å²) in [4.78, 5) is 25.0. The SMILES string of the molecule is CC(=O)N1CCC2C(C=C(C(F)(F)F)C(=O)C2(C)C)C1. The van der Waals surface area contributed by atoms with Crippen LogP contribution in [0.5, 0.6) is 0 Å². The van der Waals surface area contributed by atoms with Gasteiger partial charge in [0.2, 0.25) is 5.91 Å². The molecule has 2 rings (SSSR count). The number of piperidine rings is 1. The van der Waals surface area contributed by atoms with Crippen LogP contribution in [0.15, 0.2) is 11.6 Å². The Labute approximate surface area is 115 Å². The Morgan fingerprint density at radius 1 is 1.40 bits per heavy atom. The first-order chi connectivity index (χ1) is 9.05. The highest BCUT2D eigenvalue weighted by atomic mass is 19.4. The van der Waals surface area contributed by atoms with Gasteiger partial charge in [-0.15, -0.1) is 0 Å². The van der Waals surface area contributed by atoms with Crippen LogP contribution in [0.2, 0.25) is 0 Å². The van der Waals surface area contributed by atoms with Crippen LogP contribution >= 0.6 is 0 Å². The minimum atomic E-state index is -4.63. The van der Waals surface area contributed by atoms with Gasteiger partial charge in [0.1, 0.15) is 0 Å². The number of halogens is 3. The standard InChI is InChI=1S/C14H18F3NO2/c1-8(19)18-5-4-10-9(7-18)6-11(14(15,16)17)12(20)13(10,2)3/h6,9-10H,4-5,7H2,1-3H3. The number of carbonyl (C=O) groups excluding carboxylic acids is 2. The number of nitrogens with zero attached hydrogens (tertiary/aromatic N) is 1. The monoisotopic (exact) mass is 289 g/mol. The molecule has 0 spiro atoms. The molecule has 2 aliphatic rings. The maximum Gasteiger partial charge on any atom is 0.419 e. The molecule has 0 aromatic carbocycles. The summed E-state index contributed by atoms with van der Waals surface area (Å²) in [7, 11) is 0. The number of likely N-dealkylation sites (tertiary alicyclic amines) is 1. The van der Waals surface area contributed by atoms with E-state index >= 15 is 0 Å². The van der Waals surface area contributed by atoms with Crippen molar-refractivity contribution in [2.24, 2.45) is 17.3 Å². The van der Waals surface area contributed by atoms with Crippen molar-refractivity contribution in [1.29, 1.82) is 0 Å². The first-order valence-corrected chi connectivity index (χ1v) is 6.64. The van der Waals surface area contributed by atoms with E-state index in [1.54, 1.807) is 18.7 Å². The molecule has 112 valence electrons. The summed E-state index contributed by atoms with van der Waals surface area (Å²) in [6.45, 7) is 5.33. The molecule has 0 aromatic rings. The van der Waals surface area contributed by atoms with E-state index in [4.69, 9.17) is 0 Å². The highest BCUT2D eigenvalue weighted by Gasteiger charge is 2.53. The van der Waals surface area contributed by atoms with E-state index in [0.717, 1.165) is 6.08 Å². The van der Waals surface area contributed by atoms with Gasteiger partial charge in [-0.3, -0.25) is 9.59 Å². The summed E-state index contributed by atoms with van der Waals surface area (Å²) in [6.07, 6.45) is -3.03. The Balaban J connectivity index is 2.40. The van der Waals surface area contributed by atoms with Gasteiger partial charge in [-0.05, 0) is 18.3 Å². The lowest BCUT2D eigenvalue weighted by Crippen LogP contribution is -2.52. The zero-order valence-electron chi connectivity index (χ0n) is 11.8. The summed E-state index contributed by atoms with van der Waals surface area (Å²) in [5.74, 6) is -1.52. The number of hydrogen-bond donors (Lipinski definition) is 0. The fourth-order valence-electron chi connectivity index (χ4n) is 3.36. The lowest BCUT2D eigenvalue weighted by molar-refractivity contribution is -0.144. The van der Waals surface area contributed by atoms with Crippen LogP contribution in [-0.2, 0) is 9.59 Å². The molecule has 1 aliphatic heterocycles. The Kier molecular flexibility index (Phi) is 3.47. The van der Waals surface area contributed by atoms with E-state index in [0.29, 0.717) is 13.0 Å². The average molecular weight is 289 g/mol. The molecule has 2 atom stereocenters. The molecule has 6 heteroatoms. The molecule has 0 saturated carbocycles. The molecule has 0 N–H and O–H groups in total. The van der Waals surface area contributed by atoms with Crippen LogP contribution in [-0.4, -0.2) is 35.9 Å². The van der Waals surface area contributed by atoms with Crippen molar-refractivity contribution in [3.63, 3.8) is 0 Å². The van der Waals surface area contributed by atoms with Crippen molar-refractivity contribution in [2.75, 3.05) is 13.1 Å². The number of fused-ring (bicyclic) bond motifs is 1. The van der Waals surface area contributed by atoms with Crippen LogP contribution in [0.1, 0.15) is 27.2 Å². The second-order valence-corrected chi connectivity index (χ2v) is 6.15. The molecular formula is C14H18F3NO2. The molecule has 1 saturated heterocycles. The molecule has 0 aromatic heterocycles. The van der Waals surface area contributed by atoms with Crippen LogP contribution in [0, 0.1) is 17.3 Å². The second-order valence-electron chi connectivity index (χ2n) is 6.15. The quantitative estimate of drug-likeness (QED) is 0.687. The van der Waals surface area contributed by atoms with Crippen molar-refractivity contribution in [2.45, 2.75) is 33.4 Å². The maximum absolute atomic E-state index is 13.0. The first-order valence-electron chi connectivity index (χ1n) is 6.64. The molecule has 1 heterocycles. The molecule has 0 radical (unpaired) electrons. The van der Waals surface area contributed by atoms with Gasteiger partial charge in [-0.2, -0.15) is 13.2 Å². The molecule has 2 unspecified atom stereocenters. The van der Waals surface area contributed by atoms with Crippen LogP contribution in [0.3, 0.4) is 0 Å². The summed E-state index contributed by atoms with van der Waals surface area (Å²) in [6, 6.07) is 0. The van der Waals surface area contributed by atoms with E-state index in [9.17, 15) is 22.8 Å². The van der Waals surface area contributed by atoms with Crippen LogP contribution in [0.4, 0.5) is 13.2 Å². The van der Waals surface area contributed by atoms with Crippen molar-refractivity contribution >= 4 is 11.7 Å².